The van der Waals surface area contributed by atoms with Crippen molar-refractivity contribution in [2.75, 3.05) is 13.2 Å². The van der Waals surface area contributed by atoms with E-state index < -0.39 is 18.0 Å². The van der Waals surface area contributed by atoms with Gasteiger partial charge in [-0.1, -0.05) is 23.2 Å². The van der Waals surface area contributed by atoms with E-state index in [4.69, 9.17) is 38.4 Å². The fourth-order valence-corrected chi connectivity index (χ4v) is 3.06. The molecule has 0 saturated heterocycles. The van der Waals surface area contributed by atoms with E-state index in [2.05, 4.69) is 4.98 Å². The summed E-state index contributed by atoms with van der Waals surface area (Å²) in [5, 5.41) is 1.37. The van der Waals surface area contributed by atoms with Crippen molar-refractivity contribution in [3.05, 3.63) is 33.4 Å². The molecule has 0 aliphatic heterocycles. The molecule has 0 spiro atoms. The molecule has 0 bridgehead atoms. The minimum atomic E-state index is -0.927. The van der Waals surface area contributed by atoms with Crippen LogP contribution in [0.3, 0.4) is 0 Å². The molecule has 8 heteroatoms. The molecule has 1 aromatic heterocycles. The van der Waals surface area contributed by atoms with Crippen LogP contribution in [0.5, 0.6) is 0 Å². The van der Waals surface area contributed by atoms with Crippen LogP contribution in [0.1, 0.15) is 29.9 Å². The molecule has 0 radical (unpaired) electrons. The maximum atomic E-state index is 12.2. The molecule has 130 valence electrons. The maximum Gasteiger partial charge on any atom is 0.355 e. The summed E-state index contributed by atoms with van der Waals surface area (Å²) < 4.78 is 9.97. The predicted molar refractivity (Wildman–Crippen MR) is 92.6 cm³/mol. The van der Waals surface area contributed by atoms with Crippen molar-refractivity contribution < 1.29 is 19.1 Å². The molecule has 1 aromatic carbocycles. The van der Waals surface area contributed by atoms with Crippen LogP contribution in [0.15, 0.2) is 12.1 Å². The van der Waals surface area contributed by atoms with Crippen LogP contribution in [-0.2, 0) is 20.7 Å². The van der Waals surface area contributed by atoms with E-state index >= 15 is 0 Å². The normalized spacial score (nSPS) is 12.2. The SMILES string of the molecule is CCOC(=O)c1[nH]c2cc(Cl)cc(Cl)c2c1CC(N)C(=O)OCC. The zero-order valence-electron chi connectivity index (χ0n) is 13.3. The van der Waals surface area contributed by atoms with Crippen LogP contribution in [0.4, 0.5) is 0 Å². The van der Waals surface area contributed by atoms with Gasteiger partial charge < -0.3 is 20.2 Å². The molecule has 0 amide bonds. The molecular weight excluding hydrogens is 355 g/mol. The number of benzene rings is 1. The molecule has 0 fully saturated rings. The number of aromatic nitrogens is 1. The summed E-state index contributed by atoms with van der Waals surface area (Å²) in [6.45, 7) is 3.83. The number of H-pyrrole nitrogens is 1. The Hall–Kier alpha value is -1.76. The largest absolute Gasteiger partial charge is 0.465 e. The summed E-state index contributed by atoms with van der Waals surface area (Å²) in [6, 6.07) is 2.28. The van der Waals surface area contributed by atoms with Gasteiger partial charge in [-0.05, 0) is 31.5 Å². The van der Waals surface area contributed by atoms with Crippen LogP contribution in [0.2, 0.25) is 10.0 Å². The highest BCUT2D eigenvalue weighted by Gasteiger charge is 2.25. The molecular formula is C16H18Cl2N2O4. The molecule has 6 nitrogen and oxygen atoms in total. The van der Waals surface area contributed by atoms with Crippen LogP contribution in [0, 0.1) is 0 Å². The first-order valence-corrected chi connectivity index (χ1v) is 8.23. The number of halogens is 2. The lowest BCUT2D eigenvalue weighted by atomic mass is 10.0. The molecule has 0 aliphatic carbocycles. The Morgan fingerprint density at radius 1 is 1.21 bits per heavy atom. The zero-order chi connectivity index (χ0) is 17.9. The van der Waals surface area contributed by atoms with Gasteiger partial charge in [-0.25, -0.2) is 4.79 Å². The second kappa shape index (κ2) is 7.88. The smallest absolute Gasteiger partial charge is 0.355 e. The van der Waals surface area contributed by atoms with Gasteiger partial charge in [0.05, 0.1) is 18.2 Å². The molecule has 24 heavy (non-hydrogen) atoms. The summed E-state index contributed by atoms with van der Waals surface area (Å²) in [5.41, 5.74) is 7.18. The zero-order valence-corrected chi connectivity index (χ0v) is 14.8. The van der Waals surface area contributed by atoms with Crippen molar-refractivity contribution in [2.24, 2.45) is 5.73 Å². The lowest BCUT2D eigenvalue weighted by Gasteiger charge is -2.12. The van der Waals surface area contributed by atoms with Crippen LogP contribution >= 0.6 is 23.2 Å². The van der Waals surface area contributed by atoms with E-state index in [1.165, 1.54) is 0 Å². The molecule has 0 saturated carbocycles. The second-order valence-electron chi connectivity index (χ2n) is 5.07. The minimum Gasteiger partial charge on any atom is -0.465 e. The van der Waals surface area contributed by atoms with Crippen LogP contribution in [-0.4, -0.2) is 36.2 Å². The Morgan fingerprint density at radius 3 is 2.50 bits per heavy atom. The Balaban J connectivity index is 2.53. The van der Waals surface area contributed by atoms with Gasteiger partial charge in [-0.2, -0.15) is 0 Å². The Kier molecular flexibility index (Phi) is 6.10. The number of hydrogen-bond acceptors (Lipinski definition) is 5. The Bertz CT molecular complexity index is 773. The van der Waals surface area contributed by atoms with Crippen molar-refractivity contribution in [2.45, 2.75) is 26.3 Å². The number of nitrogens with two attached hydrogens (primary N) is 1. The molecule has 1 atom stereocenters. The lowest BCUT2D eigenvalue weighted by Crippen LogP contribution is -2.34. The first kappa shape index (κ1) is 18.6. The number of nitrogens with one attached hydrogen (secondary N) is 1. The first-order valence-electron chi connectivity index (χ1n) is 7.47. The van der Waals surface area contributed by atoms with E-state index in [1.807, 2.05) is 0 Å². The highest BCUT2D eigenvalue weighted by Crippen LogP contribution is 2.33. The highest BCUT2D eigenvalue weighted by atomic mass is 35.5. The lowest BCUT2D eigenvalue weighted by molar-refractivity contribution is -0.144. The van der Waals surface area contributed by atoms with Crippen LogP contribution in [0.25, 0.3) is 10.9 Å². The van der Waals surface area contributed by atoms with Gasteiger partial charge in [0.15, 0.2) is 0 Å². The number of carbonyl (C=O) groups excluding carboxylic acids is 2. The molecule has 0 aliphatic rings. The van der Waals surface area contributed by atoms with E-state index in [0.29, 0.717) is 26.5 Å². The van der Waals surface area contributed by atoms with Gasteiger partial charge in [0.1, 0.15) is 11.7 Å². The van der Waals surface area contributed by atoms with Crippen molar-refractivity contribution in [3.8, 4) is 0 Å². The number of fused-ring (bicyclic) bond motifs is 1. The number of ether oxygens (including phenoxy) is 2. The van der Waals surface area contributed by atoms with E-state index in [-0.39, 0.29) is 25.3 Å². The van der Waals surface area contributed by atoms with Gasteiger partial charge in [0, 0.05) is 22.3 Å². The van der Waals surface area contributed by atoms with Crippen molar-refractivity contribution in [1.29, 1.82) is 0 Å². The fraction of sp³-hybridized carbons (Fsp3) is 0.375. The average Bonchev–Trinajstić information content (AvgIpc) is 2.86. The molecule has 1 heterocycles. The fourth-order valence-electron chi connectivity index (χ4n) is 2.45. The van der Waals surface area contributed by atoms with Crippen molar-refractivity contribution >= 4 is 46.0 Å². The third-order valence-electron chi connectivity index (χ3n) is 3.41. The molecule has 2 aromatic rings. The Morgan fingerprint density at radius 2 is 1.88 bits per heavy atom. The van der Waals surface area contributed by atoms with Gasteiger partial charge in [-0.3, -0.25) is 4.79 Å². The summed E-state index contributed by atoms with van der Waals surface area (Å²) in [4.78, 5) is 27.0. The summed E-state index contributed by atoms with van der Waals surface area (Å²) in [5.74, 6) is -1.10. The number of hydrogen-bond donors (Lipinski definition) is 2. The van der Waals surface area contributed by atoms with Gasteiger partial charge >= 0.3 is 11.9 Å². The van der Waals surface area contributed by atoms with E-state index in [0.717, 1.165) is 0 Å². The maximum absolute atomic E-state index is 12.2. The van der Waals surface area contributed by atoms with Crippen molar-refractivity contribution in [3.63, 3.8) is 0 Å². The standard InChI is InChI=1S/C16H18Cl2N2O4/c1-3-23-15(21)11(19)7-9-13-10(18)5-8(17)6-12(13)20-14(9)16(22)24-4-2/h5-6,11,20H,3-4,7,19H2,1-2H3. The minimum absolute atomic E-state index is 0.0777. The average molecular weight is 373 g/mol. The first-order chi connectivity index (χ1) is 11.4. The third-order valence-corrected chi connectivity index (χ3v) is 3.93. The predicted octanol–water partition coefficient (Wildman–Crippen LogP) is 3.08. The summed E-state index contributed by atoms with van der Waals surface area (Å²) in [7, 11) is 0. The second-order valence-corrected chi connectivity index (χ2v) is 5.92. The Labute approximate surface area is 149 Å². The molecule has 3 N–H and O–H groups in total. The summed E-state index contributed by atoms with van der Waals surface area (Å²) >= 11 is 12.3. The van der Waals surface area contributed by atoms with Crippen molar-refractivity contribution in [1.82, 2.24) is 4.98 Å². The number of carbonyl (C=O) groups is 2. The van der Waals surface area contributed by atoms with E-state index in [9.17, 15) is 9.59 Å². The highest BCUT2D eigenvalue weighted by molar-refractivity contribution is 6.39. The topological polar surface area (TPSA) is 94.4 Å². The summed E-state index contributed by atoms with van der Waals surface area (Å²) in [6.07, 6.45) is 0.0777. The monoisotopic (exact) mass is 372 g/mol. The number of rotatable bonds is 6. The van der Waals surface area contributed by atoms with Gasteiger partial charge in [0.2, 0.25) is 0 Å². The quantitative estimate of drug-likeness (QED) is 0.759. The van der Waals surface area contributed by atoms with Crippen LogP contribution < -0.4 is 5.73 Å². The molecule has 2 rings (SSSR count). The number of esters is 2. The van der Waals surface area contributed by atoms with Gasteiger partial charge in [-0.15, -0.1) is 0 Å². The number of aromatic amines is 1. The molecule has 1 unspecified atom stereocenters. The van der Waals surface area contributed by atoms with Gasteiger partial charge in [0.25, 0.3) is 0 Å². The van der Waals surface area contributed by atoms with E-state index in [1.54, 1.807) is 26.0 Å². The third kappa shape index (κ3) is 3.83.